The molecule has 1 fully saturated rings. The minimum Gasteiger partial charge on any atom is -0.496 e. The van der Waals surface area contributed by atoms with Crippen LogP contribution in [0.15, 0.2) is 102 Å². The SMILES string of the molecule is COc1ccccc1SCC1OC(c2cccc(-c3cccc(CNC(C)=O)c3)c2)OC(c2ccc(CO)cc2)C1C. The van der Waals surface area contributed by atoms with Crippen LogP contribution in [0, 0.1) is 5.92 Å². The maximum Gasteiger partial charge on any atom is 0.217 e. The van der Waals surface area contributed by atoms with Gasteiger partial charge in [0.25, 0.3) is 0 Å². The van der Waals surface area contributed by atoms with Crippen LogP contribution in [0.3, 0.4) is 0 Å². The highest BCUT2D eigenvalue weighted by atomic mass is 32.2. The number of nitrogens with one attached hydrogen (secondary N) is 1. The Labute approximate surface area is 252 Å². The predicted molar refractivity (Wildman–Crippen MR) is 166 cm³/mol. The lowest BCUT2D eigenvalue weighted by molar-refractivity contribution is -0.268. The van der Waals surface area contributed by atoms with E-state index >= 15 is 0 Å². The molecule has 1 heterocycles. The third-order valence-electron chi connectivity index (χ3n) is 7.56. The van der Waals surface area contributed by atoms with Gasteiger partial charge in [0.15, 0.2) is 6.29 Å². The molecule has 0 saturated carbocycles. The molecular formula is C35H37NO5S. The molecule has 5 rings (SSSR count). The van der Waals surface area contributed by atoms with Gasteiger partial charge in [-0.05, 0) is 52.1 Å². The summed E-state index contributed by atoms with van der Waals surface area (Å²) in [6.45, 7) is 4.18. The Balaban J connectivity index is 1.42. The summed E-state index contributed by atoms with van der Waals surface area (Å²) in [5.41, 5.74) is 6.01. The van der Waals surface area contributed by atoms with E-state index in [-0.39, 0.29) is 30.6 Å². The number of hydrogen-bond donors (Lipinski definition) is 2. The van der Waals surface area contributed by atoms with Gasteiger partial charge in [0.1, 0.15) is 5.75 Å². The molecule has 0 aromatic heterocycles. The van der Waals surface area contributed by atoms with Gasteiger partial charge in [-0.2, -0.15) is 0 Å². The predicted octanol–water partition coefficient (Wildman–Crippen LogP) is 7.07. The summed E-state index contributed by atoms with van der Waals surface area (Å²) in [6.07, 6.45) is -0.843. The maximum absolute atomic E-state index is 11.4. The van der Waals surface area contributed by atoms with E-state index in [1.165, 1.54) is 6.92 Å². The highest BCUT2D eigenvalue weighted by molar-refractivity contribution is 7.99. The van der Waals surface area contributed by atoms with Crippen LogP contribution in [0.4, 0.5) is 0 Å². The molecule has 2 N–H and O–H groups in total. The number of carbonyl (C=O) groups is 1. The van der Waals surface area contributed by atoms with E-state index in [9.17, 15) is 9.90 Å². The summed E-state index contributed by atoms with van der Waals surface area (Å²) in [6, 6.07) is 32.4. The van der Waals surface area contributed by atoms with E-state index in [0.717, 1.165) is 49.8 Å². The zero-order valence-electron chi connectivity index (χ0n) is 24.2. The van der Waals surface area contributed by atoms with Crippen LogP contribution in [-0.4, -0.2) is 30.0 Å². The fourth-order valence-electron chi connectivity index (χ4n) is 5.17. The third-order valence-corrected chi connectivity index (χ3v) is 8.70. The van der Waals surface area contributed by atoms with Crippen molar-refractivity contribution in [2.24, 2.45) is 5.92 Å². The molecule has 1 saturated heterocycles. The van der Waals surface area contributed by atoms with Crippen molar-refractivity contribution in [2.45, 2.75) is 50.4 Å². The van der Waals surface area contributed by atoms with Gasteiger partial charge in [-0.1, -0.05) is 79.7 Å². The number of ether oxygens (including phenoxy) is 3. The third kappa shape index (κ3) is 7.23. The molecule has 1 aliphatic rings. The van der Waals surface area contributed by atoms with Crippen LogP contribution in [-0.2, 0) is 27.4 Å². The zero-order valence-corrected chi connectivity index (χ0v) is 25.0. The van der Waals surface area contributed by atoms with Crippen molar-refractivity contribution in [1.29, 1.82) is 0 Å². The summed E-state index contributed by atoms with van der Waals surface area (Å²) < 4.78 is 18.9. The summed E-state index contributed by atoms with van der Waals surface area (Å²) >= 11 is 1.72. The normalized spacial score (nSPS) is 20.2. The number of methoxy groups -OCH3 is 1. The molecule has 218 valence electrons. The first-order chi connectivity index (χ1) is 20.4. The Morgan fingerprint density at radius 1 is 0.881 bits per heavy atom. The first-order valence-electron chi connectivity index (χ1n) is 14.2. The van der Waals surface area contributed by atoms with Crippen molar-refractivity contribution in [3.05, 3.63) is 119 Å². The number of carbonyl (C=O) groups excluding carboxylic acids is 1. The van der Waals surface area contributed by atoms with Crippen LogP contribution < -0.4 is 10.1 Å². The van der Waals surface area contributed by atoms with Gasteiger partial charge in [0.05, 0.1) is 25.9 Å². The quantitative estimate of drug-likeness (QED) is 0.195. The van der Waals surface area contributed by atoms with E-state index in [0.29, 0.717) is 6.54 Å². The summed E-state index contributed by atoms with van der Waals surface area (Å²) in [4.78, 5) is 12.5. The Morgan fingerprint density at radius 3 is 2.36 bits per heavy atom. The number of thioether (sulfide) groups is 1. The number of benzene rings is 4. The average molecular weight is 584 g/mol. The largest absolute Gasteiger partial charge is 0.496 e. The Bertz CT molecular complexity index is 1490. The molecule has 4 unspecified atom stereocenters. The number of aliphatic hydroxyl groups excluding tert-OH is 1. The molecule has 4 aromatic rings. The Kier molecular flexibility index (Phi) is 9.97. The second-order valence-electron chi connectivity index (χ2n) is 10.5. The number of amides is 1. The fraction of sp³-hybridized carbons (Fsp3) is 0.286. The molecule has 6 nitrogen and oxygen atoms in total. The van der Waals surface area contributed by atoms with E-state index < -0.39 is 6.29 Å². The van der Waals surface area contributed by atoms with Gasteiger partial charge in [-0.15, -0.1) is 11.8 Å². The maximum atomic E-state index is 11.4. The second kappa shape index (κ2) is 14.0. The topological polar surface area (TPSA) is 77.0 Å². The standard InChI is InChI=1S/C35H37NO5S/c1-23-32(22-42-33-13-5-4-12-31(33)39-3)40-35(41-34(23)27-16-14-25(21-37)15-17-27)30-11-7-10-29(19-30)28-9-6-8-26(18-28)20-36-24(2)38/h4-19,23,32,34-35,37H,20-22H2,1-3H3,(H,36,38). The average Bonchev–Trinajstić information content (AvgIpc) is 3.03. The molecule has 0 bridgehead atoms. The second-order valence-corrected chi connectivity index (χ2v) is 11.6. The summed E-state index contributed by atoms with van der Waals surface area (Å²) in [5.74, 6) is 1.61. The smallest absolute Gasteiger partial charge is 0.217 e. The molecular weight excluding hydrogens is 546 g/mol. The minimum absolute atomic E-state index is 0.00404. The Morgan fingerprint density at radius 2 is 1.62 bits per heavy atom. The van der Waals surface area contributed by atoms with Crippen LogP contribution in [0.25, 0.3) is 11.1 Å². The zero-order chi connectivity index (χ0) is 29.5. The molecule has 7 heteroatoms. The van der Waals surface area contributed by atoms with E-state index in [1.54, 1.807) is 18.9 Å². The van der Waals surface area contributed by atoms with Gasteiger partial charge < -0.3 is 24.6 Å². The number of hydrogen-bond acceptors (Lipinski definition) is 6. The van der Waals surface area contributed by atoms with E-state index in [2.05, 4.69) is 42.6 Å². The van der Waals surface area contributed by atoms with Crippen LogP contribution >= 0.6 is 11.8 Å². The first kappa shape index (κ1) is 29.9. The summed E-state index contributed by atoms with van der Waals surface area (Å²) in [5, 5.41) is 12.4. The molecule has 4 aromatic carbocycles. The molecule has 42 heavy (non-hydrogen) atoms. The van der Waals surface area contributed by atoms with Crippen molar-refractivity contribution in [2.75, 3.05) is 12.9 Å². The molecule has 1 amide bonds. The van der Waals surface area contributed by atoms with Gasteiger partial charge >= 0.3 is 0 Å². The minimum atomic E-state index is -0.561. The lowest BCUT2D eigenvalue weighted by Gasteiger charge is -2.41. The Hall–Kier alpha value is -3.62. The first-order valence-corrected chi connectivity index (χ1v) is 15.1. The van der Waals surface area contributed by atoms with Gasteiger partial charge in [0.2, 0.25) is 5.91 Å². The van der Waals surface area contributed by atoms with Gasteiger partial charge in [-0.3, -0.25) is 4.79 Å². The molecule has 0 radical (unpaired) electrons. The number of para-hydroxylation sites is 1. The monoisotopic (exact) mass is 583 g/mol. The molecule has 0 aliphatic carbocycles. The van der Waals surface area contributed by atoms with Crippen LogP contribution in [0.2, 0.25) is 0 Å². The van der Waals surface area contributed by atoms with Crippen molar-refractivity contribution in [3.63, 3.8) is 0 Å². The number of aliphatic hydroxyl groups is 1. The highest BCUT2D eigenvalue weighted by Gasteiger charge is 2.38. The van der Waals surface area contributed by atoms with Crippen LogP contribution in [0.1, 0.15) is 48.5 Å². The molecule has 1 aliphatic heterocycles. The lowest BCUT2D eigenvalue weighted by Crippen LogP contribution is -2.38. The van der Waals surface area contributed by atoms with Crippen LogP contribution in [0.5, 0.6) is 5.75 Å². The molecule has 4 atom stereocenters. The van der Waals surface area contributed by atoms with Gasteiger partial charge in [0, 0.05) is 35.6 Å². The van der Waals surface area contributed by atoms with Crippen molar-refractivity contribution in [3.8, 4) is 16.9 Å². The highest BCUT2D eigenvalue weighted by Crippen LogP contribution is 2.44. The van der Waals surface area contributed by atoms with E-state index in [1.807, 2.05) is 66.7 Å². The molecule has 0 spiro atoms. The van der Waals surface area contributed by atoms with E-state index in [4.69, 9.17) is 14.2 Å². The summed E-state index contributed by atoms with van der Waals surface area (Å²) in [7, 11) is 1.69. The lowest BCUT2D eigenvalue weighted by atomic mass is 9.91. The van der Waals surface area contributed by atoms with Crippen molar-refractivity contribution in [1.82, 2.24) is 5.32 Å². The number of rotatable bonds is 10. The fourth-order valence-corrected chi connectivity index (χ4v) is 6.37. The van der Waals surface area contributed by atoms with Crippen molar-refractivity contribution < 1.29 is 24.1 Å². The van der Waals surface area contributed by atoms with Crippen molar-refractivity contribution >= 4 is 17.7 Å². The van der Waals surface area contributed by atoms with Gasteiger partial charge in [-0.25, -0.2) is 0 Å².